The van der Waals surface area contributed by atoms with Crippen molar-refractivity contribution in [3.8, 4) is 5.75 Å². The maximum Gasteiger partial charge on any atom is 0.341 e. The largest absolute Gasteiger partial charge is 0.493 e. The molecule has 1 aromatic carbocycles. The van der Waals surface area contributed by atoms with E-state index in [-0.39, 0.29) is 5.56 Å². The molecule has 0 unspecified atom stereocenters. The summed E-state index contributed by atoms with van der Waals surface area (Å²) in [5, 5.41) is 0.304. The molecule has 0 saturated heterocycles. The quantitative estimate of drug-likeness (QED) is 0.637. The van der Waals surface area contributed by atoms with E-state index < -0.39 is 5.97 Å². The summed E-state index contributed by atoms with van der Waals surface area (Å²) in [6, 6.07) is 2.95. The van der Waals surface area contributed by atoms with Gasteiger partial charge in [0, 0.05) is 6.07 Å². The van der Waals surface area contributed by atoms with Crippen LogP contribution < -0.4 is 10.5 Å². The summed E-state index contributed by atoms with van der Waals surface area (Å²) in [6.45, 7) is 2.25. The Morgan fingerprint density at radius 2 is 2.20 bits per heavy atom. The van der Waals surface area contributed by atoms with Crippen LogP contribution in [-0.4, -0.2) is 19.7 Å². The van der Waals surface area contributed by atoms with Crippen molar-refractivity contribution in [3.05, 3.63) is 22.7 Å². The predicted molar refractivity (Wildman–Crippen MR) is 58.4 cm³/mol. The molecule has 0 aliphatic rings. The summed E-state index contributed by atoms with van der Waals surface area (Å²) >= 11 is 5.80. The minimum absolute atomic E-state index is 0.276. The first-order valence-corrected chi connectivity index (χ1v) is 4.78. The number of hydrogen-bond donors (Lipinski definition) is 1. The molecule has 0 aliphatic heterocycles. The lowest BCUT2D eigenvalue weighted by Gasteiger charge is -2.10. The number of esters is 1. The van der Waals surface area contributed by atoms with Gasteiger partial charge in [0.1, 0.15) is 11.3 Å². The first kappa shape index (κ1) is 11.7. The number of hydrogen-bond acceptors (Lipinski definition) is 4. The van der Waals surface area contributed by atoms with Crippen LogP contribution in [0.1, 0.15) is 17.3 Å². The lowest BCUT2D eigenvalue weighted by Crippen LogP contribution is -2.06. The Balaban J connectivity index is 3.21. The van der Waals surface area contributed by atoms with Crippen LogP contribution in [-0.2, 0) is 4.74 Å². The molecule has 0 spiro atoms. The number of ether oxygens (including phenoxy) is 2. The second-order valence-corrected chi connectivity index (χ2v) is 3.20. The summed E-state index contributed by atoms with van der Waals surface area (Å²) in [6.07, 6.45) is 0. The van der Waals surface area contributed by atoms with Gasteiger partial charge in [-0.2, -0.15) is 0 Å². The third-order valence-corrected chi connectivity index (χ3v) is 2.13. The number of anilines is 1. The molecule has 0 radical (unpaired) electrons. The number of rotatable bonds is 3. The Morgan fingerprint density at radius 1 is 1.53 bits per heavy atom. The van der Waals surface area contributed by atoms with E-state index in [0.717, 1.165) is 0 Å². The van der Waals surface area contributed by atoms with Gasteiger partial charge >= 0.3 is 5.97 Å². The van der Waals surface area contributed by atoms with Gasteiger partial charge in [0.2, 0.25) is 0 Å². The number of carbonyl (C=O) groups is 1. The van der Waals surface area contributed by atoms with Crippen LogP contribution in [0.3, 0.4) is 0 Å². The molecule has 0 amide bonds. The standard InChI is InChI=1S/C10H12ClNO3/c1-3-15-9-5-8(12)7(11)4-6(9)10(13)14-2/h4-5H,3,12H2,1-2H3. The van der Waals surface area contributed by atoms with Crippen molar-refractivity contribution in [1.82, 2.24) is 0 Å². The van der Waals surface area contributed by atoms with E-state index in [9.17, 15) is 4.79 Å². The maximum absolute atomic E-state index is 11.4. The van der Waals surface area contributed by atoms with Gasteiger partial charge < -0.3 is 15.2 Å². The van der Waals surface area contributed by atoms with Crippen molar-refractivity contribution in [3.63, 3.8) is 0 Å². The zero-order valence-corrected chi connectivity index (χ0v) is 9.30. The van der Waals surface area contributed by atoms with Crippen molar-refractivity contribution in [2.24, 2.45) is 0 Å². The van der Waals surface area contributed by atoms with E-state index in [2.05, 4.69) is 4.74 Å². The zero-order valence-electron chi connectivity index (χ0n) is 8.54. The molecule has 0 aliphatic carbocycles. The lowest BCUT2D eigenvalue weighted by molar-refractivity contribution is 0.0596. The minimum atomic E-state index is -0.500. The fourth-order valence-electron chi connectivity index (χ4n) is 1.11. The summed E-state index contributed by atoms with van der Waals surface area (Å²) < 4.78 is 9.86. The highest BCUT2D eigenvalue weighted by Gasteiger charge is 2.15. The van der Waals surface area contributed by atoms with Gasteiger partial charge in [-0.25, -0.2) is 4.79 Å². The summed E-state index contributed by atoms with van der Waals surface area (Å²) in [4.78, 5) is 11.4. The smallest absolute Gasteiger partial charge is 0.341 e. The molecule has 0 fully saturated rings. The maximum atomic E-state index is 11.4. The number of nitrogens with two attached hydrogens (primary N) is 1. The van der Waals surface area contributed by atoms with Crippen molar-refractivity contribution in [1.29, 1.82) is 0 Å². The molecule has 0 atom stereocenters. The fourth-order valence-corrected chi connectivity index (χ4v) is 1.28. The highest BCUT2D eigenvalue weighted by atomic mass is 35.5. The minimum Gasteiger partial charge on any atom is -0.493 e. The number of benzene rings is 1. The van der Waals surface area contributed by atoms with Crippen LogP contribution in [0.25, 0.3) is 0 Å². The first-order valence-electron chi connectivity index (χ1n) is 4.40. The molecule has 82 valence electrons. The van der Waals surface area contributed by atoms with Crippen LogP contribution in [0.5, 0.6) is 5.75 Å². The second kappa shape index (κ2) is 4.89. The van der Waals surface area contributed by atoms with E-state index in [0.29, 0.717) is 23.1 Å². The average Bonchev–Trinajstić information content (AvgIpc) is 2.22. The van der Waals surface area contributed by atoms with E-state index in [1.165, 1.54) is 19.2 Å². The molecule has 0 aromatic heterocycles. The van der Waals surface area contributed by atoms with E-state index >= 15 is 0 Å². The SMILES string of the molecule is CCOc1cc(N)c(Cl)cc1C(=O)OC. The lowest BCUT2D eigenvalue weighted by atomic mass is 10.2. The summed E-state index contributed by atoms with van der Waals surface area (Å²) in [5.74, 6) is -0.119. The molecule has 5 heteroatoms. The Morgan fingerprint density at radius 3 is 2.73 bits per heavy atom. The van der Waals surface area contributed by atoms with Crippen molar-refractivity contribution < 1.29 is 14.3 Å². The zero-order chi connectivity index (χ0) is 11.4. The molecular formula is C10H12ClNO3. The summed E-state index contributed by atoms with van der Waals surface area (Å²) in [7, 11) is 1.29. The van der Waals surface area contributed by atoms with Crippen LogP contribution in [0.15, 0.2) is 12.1 Å². The van der Waals surface area contributed by atoms with Gasteiger partial charge in [-0.05, 0) is 13.0 Å². The highest BCUT2D eigenvalue weighted by Crippen LogP contribution is 2.29. The number of methoxy groups -OCH3 is 1. The molecular weight excluding hydrogens is 218 g/mol. The van der Waals surface area contributed by atoms with Crippen LogP contribution in [0, 0.1) is 0 Å². The highest BCUT2D eigenvalue weighted by molar-refractivity contribution is 6.33. The Bertz CT molecular complexity index is 379. The van der Waals surface area contributed by atoms with Gasteiger partial charge in [-0.3, -0.25) is 0 Å². The Hall–Kier alpha value is -1.42. The predicted octanol–water partition coefficient (Wildman–Crippen LogP) is 2.11. The van der Waals surface area contributed by atoms with Gasteiger partial charge in [-0.1, -0.05) is 11.6 Å². The fraction of sp³-hybridized carbons (Fsp3) is 0.300. The molecule has 4 nitrogen and oxygen atoms in total. The van der Waals surface area contributed by atoms with E-state index in [1.807, 2.05) is 6.92 Å². The van der Waals surface area contributed by atoms with Crippen molar-refractivity contribution >= 4 is 23.3 Å². The summed E-state index contributed by atoms with van der Waals surface area (Å²) in [5.41, 5.74) is 6.24. The monoisotopic (exact) mass is 229 g/mol. The molecule has 0 heterocycles. The molecule has 1 aromatic rings. The first-order chi connectivity index (χ1) is 7.10. The van der Waals surface area contributed by atoms with Gasteiger partial charge in [0.15, 0.2) is 0 Å². The van der Waals surface area contributed by atoms with Crippen molar-refractivity contribution in [2.75, 3.05) is 19.5 Å². The Labute approximate surface area is 92.9 Å². The molecule has 0 bridgehead atoms. The number of carbonyl (C=O) groups excluding carboxylic acids is 1. The molecule has 15 heavy (non-hydrogen) atoms. The second-order valence-electron chi connectivity index (χ2n) is 2.79. The van der Waals surface area contributed by atoms with Crippen LogP contribution in [0.4, 0.5) is 5.69 Å². The molecule has 2 N–H and O–H groups in total. The van der Waals surface area contributed by atoms with Gasteiger partial charge in [0.25, 0.3) is 0 Å². The van der Waals surface area contributed by atoms with Gasteiger partial charge in [0.05, 0.1) is 24.4 Å². The third-order valence-electron chi connectivity index (χ3n) is 1.80. The topological polar surface area (TPSA) is 61.5 Å². The molecule has 0 saturated carbocycles. The Kier molecular flexibility index (Phi) is 3.80. The van der Waals surface area contributed by atoms with Gasteiger partial charge in [-0.15, -0.1) is 0 Å². The number of nitrogen functional groups attached to an aromatic ring is 1. The van der Waals surface area contributed by atoms with Crippen LogP contribution >= 0.6 is 11.6 Å². The van der Waals surface area contributed by atoms with E-state index in [1.54, 1.807) is 0 Å². The average molecular weight is 230 g/mol. The van der Waals surface area contributed by atoms with Crippen molar-refractivity contribution in [2.45, 2.75) is 6.92 Å². The van der Waals surface area contributed by atoms with E-state index in [4.69, 9.17) is 22.1 Å². The normalized spacial score (nSPS) is 9.80. The third kappa shape index (κ3) is 2.53. The number of halogens is 1. The van der Waals surface area contributed by atoms with Crippen LogP contribution in [0.2, 0.25) is 5.02 Å². The molecule has 1 rings (SSSR count).